The van der Waals surface area contributed by atoms with Crippen LogP contribution in [0.3, 0.4) is 0 Å². The van der Waals surface area contributed by atoms with E-state index < -0.39 is 5.91 Å². The molecule has 0 bridgehead atoms. The number of carbonyl (C=O) groups is 1. The van der Waals surface area contributed by atoms with Crippen molar-refractivity contribution in [2.75, 3.05) is 20.3 Å². The number of hydrazone groups is 1. The summed E-state index contributed by atoms with van der Waals surface area (Å²) in [7, 11) is 1.54. The monoisotopic (exact) mass is 512 g/mol. The molecule has 0 saturated heterocycles. The number of aliphatic imine (C=N–C) groups is 1. The molecule has 4 rings (SSSR count). The molecule has 0 aromatic heterocycles. The average Bonchev–Trinajstić information content (AvgIpc) is 3.26. The molecule has 1 N–H and O–H groups in total. The van der Waals surface area contributed by atoms with Crippen LogP contribution >= 0.6 is 23.4 Å². The molecule has 0 spiro atoms. The predicted octanol–water partition coefficient (Wildman–Crippen LogP) is 5.39. The van der Waals surface area contributed by atoms with Crippen LogP contribution in [0.25, 0.3) is 6.08 Å². The third kappa shape index (κ3) is 5.52. The van der Waals surface area contributed by atoms with Crippen LogP contribution in [-0.4, -0.2) is 47.3 Å². The molecule has 35 heavy (non-hydrogen) atoms. The van der Waals surface area contributed by atoms with Crippen LogP contribution in [0.1, 0.15) is 25.0 Å². The van der Waals surface area contributed by atoms with Crippen molar-refractivity contribution in [3.8, 4) is 17.2 Å². The zero-order chi connectivity index (χ0) is 25.1. The maximum absolute atomic E-state index is 12.6. The Kier molecular flexibility index (Phi) is 7.47. The van der Waals surface area contributed by atoms with Gasteiger partial charge in [-0.15, -0.1) is 0 Å². The number of amidine groups is 2. The van der Waals surface area contributed by atoms with Crippen molar-refractivity contribution in [1.29, 1.82) is 5.41 Å². The first kappa shape index (κ1) is 24.8. The number of rotatable bonds is 8. The summed E-state index contributed by atoms with van der Waals surface area (Å²) in [6, 6.07) is 10.8. The zero-order valence-corrected chi connectivity index (χ0v) is 21.4. The molecule has 0 unspecified atom stereocenters. The van der Waals surface area contributed by atoms with Gasteiger partial charge in [-0.3, -0.25) is 10.2 Å². The highest BCUT2D eigenvalue weighted by atomic mass is 35.5. The van der Waals surface area contributed by atoms with E-state index in [0.717, 1.165) is 16.4 Å². The van der Waals surface area contributed by atoms with Crippen LogP contribution < -0.4 is 14.2 Å². The van der Waals surface area contributed by atoms with E-state index in [4.69, 9.17) is 31.2 Å². The summed E-state index contributed by atoms with van der Waals surface area (Å²) in [5.41, 5.74) is 1.78. The second-order valence-corrected chi connectivity index (χ2v) is 9.53. The number of ether oxygens (including phenoxy) is 3. The summed E-state index contributed by atoms with van der Waals surface area (Å²) >= 11 is 7.36. The summed E-state index contributed by atoms with van der Waals surface area (Å²) in [6.45, 7) is 6.58. The van der Waals surface area contributed by atoms with E-state index >= 15 is 0 Å². The average molecular weight is 513 g/mol. The number of nitrogens with zero attached hydrogens (tertiary/aromatic N) is 3. The number of carbonyl (C=O) groups excluding carboxylic acids is 1. The van der Waals surface area contributed by atoms with Crippen LogP contribution in [0.4, 0.5) is 0 Å². The lowest BCUT2D eigenvalue weighted by molar-refractivity contribution is -0.114. The fourth-order valence-corrected chi connectivity index (χ4v) is 4.33. The van der Waals surface area contributed by atoms with Gasteiger partial charge in [-0.05, 0) is 66.2 Å². The summed E-state index contributed by atoms with van der Waals surface area (Å²) in [6.07, 6.45) is 1.61. The highest BCUT2D eigenvalue weighted by Crippen LogP contribution is 2.32. The molecule has 2 aromatic carbocycles. The smallest absolute Gasteiger partial charge is 0.283 e. The number of hydrogen-bond donors (Lipinski definition) is 1. The summed E-state index contributed by atoms with van der Waals surface area (Å²) in [4.78, 5) is 16.7. The minimum Gasteiger partial charge on any atom is -0.493 e. The SMILES string of the molecule is COc1cc(/C=C2\C(=N)N3N=C(C(C)C)SC3=NC2=O)ccc1OCCOc1ccc(Cl)c(C)c1. The number of benzene rings is 2. The minimum atomic E-state index is -0.470. The topological polar surface area (TPSA) is 96.6 Å². The van der Waals surface area contributed by atoms with E-state index in [1.54, 1.807) is 37.5 Å². The first-order valence-corrected chi connectivity index (χ1v) is 12.2. The first-order chi connectivity index (χ1) is 16.8. The van der Waals surface area contributed by atoms with Crippen molar-refractivity contribution >= 4 is 51.4 Å². The van der Waals surface area contributed by atoms with Crippen LogP contribution in [0, 0.1) is 18.3 Å². The highest BCUT2D eigenvalue weighted by Gasteiger charge is 2.36. The third-order valence-corrected chi connectivity index (χ3v) is 6.83. The summed E-state index contributed by atoms with van der Waals surface area (Å²) in [5.74, 6) is 1.47. The van der Waals surface area contributed by atoms with Gasteiger partial charge in [0.05, 0.1) is 12.7 Å². The van der Waals surface area contributed by atoms with Gasteiger partial charge in [0.2, 0.25) is 5.17 Å². The Morgan fingerprint density at radius 2 is 1.91 bits per heavy atom. The maximum Gasteiger partial charge on any atom is 0.283 e. The van der Waals surface area contributed by atoms with Gasteiger partial charge in [0.15, 0.2) is 17.3 Å². The van der Waals surface area contributed by atoms with E-state index in [0.29, 0.717) is 40.5 Å². The molecule has 1 amide bonds. The van der Waals surface area contributed by atoms with Crippen molar-refractivity contribution in [2.45, 2.75) is 20.8 Å². The van der Waals surface area contributed by atoms with Gasteiger partial charge < -0.3 is 14.2 Å². The lowest BCUT2D eigenvalue weighted by Gasteiger charge is -2.20. The van der Waals surface area contributed by atoms with Gasteiger partial charge in [-0.25, -0.2) is 0 Å². The largest absolute Gasteiger partial charge is 0.493 e. The fraction of sp³-hybridized carbons (Fsp3) is 0.280. The lowest BCUT2D eigenvalue weighted by Crippen LogP contribution is -2.35. The number of hydrogen-bond acceptors (Lipinski definition) is 7. The Bertz CT molecular complexity index is 1270. The van der Waals surface area contributed by atoms with E-state index in [2.05, 4.69) is 10.1 Å². The maximum atomic E-state index is 12.6. The second-order valence-electron chi connectivity index (χ2n) is 8.13. The van der Waals surface area contributed by atoms with Crippen LogP contribution in [0.15, 0.2) is 52.1 Å². The molecule has 2 aromatic rings. The highest BCUT2D eigenvalue weighted by molar-refractivity contribution is 8.27. The van der Waals surface area contributed by atoms with Crippen LogP contribution in [0.5, 0.6) is 17.2 Å². The Morgan fingerprint density at radius 1 is 1.14 bits per heavy atom. The fourth-order valence-electron chi connectivity index (χ4n) is 3.32. The van der Waals surface area contributed by atoms with Crippen LogP contribution in [0.2, 0.25) is 5.02 Å². The first-order valence-electron chi connectivity index (χ1n) is 11.0. The molecular formula is C25H25ClN4O4S. The van der Waals surface area contributed by atoms with Gasteiger partial charge in [-0.1, -0.05) is 31.5 Å². The molecule has 0 aliphatic carbocycles. The molecule has 2 aliphatic heterocycles. The second kappa shape index (κ2) is 10.5. The van der Waals surface area contributed by atoms with Crippen LogP contribution in [-0.2, 0) is 4.79 Å². The molecule has 0 radical (unpaired) electrons. The number of nitrogens with one attached hydrogen (secondary N) is 1. The molecular weight excluding hydrogens is 488 g/mol. The van der Waals surface area contributed by atoms with Crippen molar-refractivity contribution in [3.63, 3.8) is 0 Å². The molecule has 0 fully saturated rings. The molecule has 0 saturated carbocycles. The molecule has 2 heterocycles. The van der Waals surface area contributed by atoms with Gasteiger partial charge in [0.25, 0.3) is 5.91 Å². The summed E-state index contributed by atoms with van der Waals surface area (Å²) < 4.78 is 17.0. The van der Waals surface area contributed by atoms with Crippen molar-refractivity contribution in [3.05, 3.63) is 58.1 Å². The number of thioether (sulfide) groups is 1. The third-order valence-electron chi connectivity index (χ3n) is 5.20. The molecule has 182 valence electrons. The molecule has 10 heteroatoms. The standard InChI is InChI=1S/C25H25ClN4O4S/c1-14(2)24-29-30-22(27)18(23(31)28-25(30)35-24)12-16-5-8-20(21(13-16)32-4)34-10-9-33-17-6-7-19(26)15(3)11-17/h5-8,11-14,27H,9-10H2,1-4H3/b18-12+,27-22?. The van der Waals surface area contributed by atoms with Gasteiger partial charge in [-0.2, -0.15) is 15.1 Å². The van der Waals surface area contributed by atoms with E-state index in [-0.39, 0.29) is 17.3 Å². The van der Waals surface area contributed by atoms with Crippen molar-refractivity contribution < 1.29 is 19.0 Å². The number of amides is 1. The predicted molar refractivity (Wildman–Crippen MR) is 140 cm³/mol. The van der Waals surface area contributed by atoms with E-state index in [1.807, 2.05) is 32.9 Å². The quantitative estimate of drug-likeness (QED) is 0.376. The van der Waals surface area contributed by atoms with Gasteiger partial charge in [0, 0.05) is 10.9 Å². The Morgan fingerprint density at radius 3 is 2.63 bits per heavy atom. The van der Waals surface area contributed by atoms with Gasteiger partial charge >= 0.3 is 0 Å². The van der Waals surface area contributed by atoms with Crippen molar-refractivity contribution in [1.82, 2.24) is 5.01 Å². The zero-order valence-electron chi connectivity index (χ0n) is 19.8. The number of fused-ring (bicyclic) bond motifs is 1. The molecule has 8 nitrogen and oxygen atoms in total. The van der Waals surface area contributed by atoms with E-state index in [1.165, 1.54) is 16.8 Å². The van der Waals surface area contributed by atoms with Gasteiger partial charge in [0.1, 0.15) is 24.0 Å². The Balaban J connectivity index is 1.44. The minimum absolute atomic E-state index is 0.00275. The normalized spacial score (nSPS) is 16.4. The van der Waals surface area contributed by atoms with Crippen molar-refractivity contribution in [2.24, 2.45) is 16.0 Å². The summed E-state index contributed by atoms with van der Waals surface area (Å²) in [5, 5.41) is 16.3. The number of halogens is 1. The Labute approximate surface area is 213 Å². The molecule has 0 atom stereocenters. The molecule has 2 aliphatic rings. The number of aryl methyl sites for hydroxylation is 1. The number of methoxy groups -OCH3 is 1. The Hall–Kier alpha value is -3.30. The van der Waals surface area contributed by atoms with E-state index in [9.17, 15) is 4.79 Å². The lowest BCUT2D eigenvalue weighted by atomic mass is 10.1.